The van der Waals surface area contributed by atoms with Crippen molar-refractivity contribution in [1.82, 2.24) is 20.2 Å². The van der Waals surface area contributed by atoms with Gasteiger partial charge in [0.05, 0.1) is 36.2 Å². The van der Waals surface area contributed by atoms with Crippen LogP contribution in [0.4, 0.5) is 0 Å². The van der Waals surface area contributed by atoms with Gasteiger partial charge in [0.15, 0.2) is 0 Å². The van der Waals surface area contributed by atoms with Gasteiger partial charge in [-0.1, -0.05) is 12.1 Å². The van der Waals surface area contributed by atoms with Crippen LogP contribution in [0.3, 0.4) is 0 Å². The molecule has 1 aromatic rings. The van der Waals surface area contributed by atoms with Gasteiger partial charge in [-0.15, -0.1) is 9.32 Å². The summed E-state index contributed by atoms with van der Waals surface area (Å²) in [5.74, 6) is -0.111. The molecule has 0 unspecified atom stereocenters. The van der Waals surface area contributed by atoms with Gasteiger partial charge in [0.25, 0.3) is 0 Å². The molecule has 0 aromatic heterocycles. The molecule has 0 spiro atoms. The van der Waals surface area contributed by atoms with Crippen molar-refractivity contribution in [3.8, 4) is 6.07 Å². The van der Waals surface area contributed by atoms with Crippen LogP contribution in [-0.2, 0) is 18.9 Å². The molecule has 3 aliphatic rings. The fourth-order valence-corrected chi connectivity index (χ4v) is 5.59. The van der Waals surface area contributed by atoms with E-state index in [1.807, 2.05) is 41.0 Å². The average molecular weight is 475 g/mol. The van der Waals surface area contributed by atoms with E-state index in [-0.39, 0.29) is 36.0 Å². The fourth-order valence-electron chi connectivity index (χ4n) is 5.16. The monoisotopic (exact) mass is 474 g/mol. The fraction of sp³-hybridized carbons (Fsp3) is 0.591. The standard InChI is InChI=1S/C22H30N6O4S/c1-14(15-5-7-18(8-6-15)33-32-31-25-2)28-17-10-20(22(28)30)26(12-17)13-19(24)21(29)27-9-3-4-16(27)11-23/h5-8,14,16-17,19-20,25H,3-4,9-10,12-13,24H2,1-2H3/t14-,16+,17+,19+,20+/m1/s1. The first-order chi connectivity index (χ1) is 15.9. The van der Waals surface area contributed by atoms with Gasteiger partial charge in [0.2, 0.25) is 11.8 Å². The summed E-state index contributed by atoms with van der Waals surface area (Å²) in [6.45, 7) is 3.65. The van der Waals surface area contributed by atoms with Crippen LogP contribution in [-0.4, -0.2) is 77.4 Å². The van der Waals surface area contributed by atoms with Crippen molar-refractivity contribution in [2.24, 2.45) is 5.73 Å². The van der Waals surface area contributed by atoms with Crippen molar-refractivity contribution < 1.29 is 18.9 Å². The van der Waals surface area contributed by atoms with Crippen molar-refractivity contribution in [1.29, 1.82) is 5.26 Å². The number of nitrogens with one attached hydrogen (secondary N) is 1. The number of nitrogens with two attached hydrogens (primary N) is 1. The second-order valence-corrected chi connectivity index (χ2v) is 9.49. The van der Waals surface area contributed by atoms with Crippen LogP contribution < -0.4 is 11.2 Å². The first-order valence-electron chi connectivity index (χ1n) is 11.2. The Kier molecular flexibility index (Phi) is 7.53. The van der Waals surface area contributed by atoms with Gasteiger partial charge in [-0.2, -0.15) is 10.7 Å². The Morgan fingerprint density at radius 3 is 2.82 bits per heavy atom. The molecule has 3 aliphatic heterocycles. The predicted molar refractivity (Wildman–Crippen MR) is 121 cm³/mol. The lowest BCUT2D eigenvalue weighted by atomic mass is 10.1. The van der Waals surface area contributed by atoms with E-state index in [9.17, 15) is 14.9 Å². The number of likely N-dealkylation sites (tertiary alicyclic amines) is 3. The molecule has 0 aliphatic carbocycles. The third-order valence-electron chi connectivity index (χ3n) is 6.77. The van der Waals surface area contributed by atoms with E-state index in [1.165, 1.54) is 0 Å². The summed E-state index contributed by atoms with van der Waals surface area (Å²) in [7, 11) is 1.61. The topological polar surface area (TPSA) is 124 Å². The molecule has 3 saturated heterocycles. The highest BCUT2D eigenvalue weighted by Gasteiger charge is 2.51. The van der Waals surface area contributed by atoms with Crippen LogP contribution in [0.1, 0.15) is 37.8 Å². The summed E-state index contributed by atoms with van der Waals surface area (Å²) in [5.41, 5.74) is 9.70. The number of fused-ring (bicyclic) bond motifs is 2. The van der Waals surface area contributed by atoms with Crippen molar-refractivity contribution >= 4 is 23.9 Å². The predicted octanol–water partition coefficient (Wildman–Crippen LogP) is 0.964. The smallest absolute Gasteiger partial charge is 0.241 e. The van der Waals surface area contributed by atoms with Crippen LogP contribution in [0, 0.1) is 11.3 Å². The zero-order valence-corrected chi connectivity index (χ0v) is 19.7. The van der Waals surface area contributed by atoms with E-state index >= 15 is 0 Å². The Morgan fingerprint density at radius 2 is 2.15 bits per heavy atom. The van der Waals surface area contributed by atoms with Gasteiger partial charge >= 0.3 is 0 Å². The molecular formula is C22H30N6O4S. The molecule has 10 nitrogen and oxygen atoms in total. The molecule has 2 amide bonds. The lowest BCUT2D eigenvalue weighted by Crippen LogP contribution is -2.56. The maximum absolute atomic E-state index is 13.2. The number of amides is 2. The zero-order chi connectivity index (χ0) is 23.5. The molecule has 1 aromatic carbocycles. The molecule has 0 radical (unpaired) electrons. The summed E-state index contributed by atoms with van der Waals surface area (Å²) < 4.78 is 4.91. The van der Waals surface area contributed by atoms with Gasteiger partial charge in [0.1, 0.15) is 6.04 Å². The normalized spacial score (nSPS) is 26.6. The van der Waals surface area contributed by atoms with E-state index in [2.05, 4.69) is 16.5 Å². The van der Waals surface area contributed by atoms with Gasteiger partial charge < -0.3 is 15.5 Å². The number of rotatable bonds is 9. The highest BCUT2D eigenvalue weighted by atomic mass is 32.2. The maximum Gasteiger partial charge on any atom is 0.241 e. The Balaban J connectivity index is 1.34. The number of nitriles is 1. The molecule has 178 valence electrons. The molecule has 33 heavy (non-hydrogen) atoms. The summed E-state index contributed by atoms with van der Waals surface area (Å²) in [6, 6.07) is 8.70. The first-order valence-corrected chi connectivity index (χ1v) is 12.0. The van der Waals surface area contributed by atoms with E-state index in [1.54, 1.807) is 11.9 Å². The summed E-state index contributed by atoms with van der Waals surface area (Å²) in [4.78, 5) is 37.1. The van der Waals surface area contributed by atoms with Crippen LogP contribution in [0.5, 0.6) is 0 Å². The molecule has 3 heterocycles. The second-order valence-electron chi connectivity index (χ2n) is 8.71. The third kappa shape index (κ3) is 4.87. The molecule has 0 saturated carbocycles. The molecule has 2 bridgehead atoms. The maximum atomic E-state index is 13.2. The minimum Gasteiger partial charge on any atom is -0.330 e. The number of hydroxylamine groups is 1. The van der Waals surface area contributed by atoms with Crippen molar-refractivity contribution in [3.05, 3.63) is 29.8 Å². The van der Waals surface area contributed by atoms with Gasteiger partial charge in [-0.05, 0) is 43.9 Å². The van der Waals surface area contributed by atoms with Crippen LogP contribution in [0.15, 0.2) is 29.2 Å². The molecule has 11 heteroatoms. The van der Waals surface area contributed by atoms with Gasteiger partial charge in [-0.25, -0.2) is 0 Å². The number of piperazine rings is 1. The van der Waals surface area contributed by atoms with Crippen LogP contribution >= 0.6 is 12.0 Å². The number of benzene rings is 1. The minimum atomic E-state index is -0.726. The van der Waals surface area contributed by atoms with Gasteiger partial charge in [0, 0.05) is 37.6 Å². The SMILES string of the molecule is CNOOSc1ccc([C@@H](C)N2C(=O)[C@@H]3C[C@H]2CN3C[C@H](N)C(=O)N2CCC[C@H]2C#N)cc1. The number of hydrogen-bond donors (Lipinski definition) is 2. The zero-order valence-electron chi connectivity index (χ0n) is 18.8. The summed E-state index contributed by atoms with van der Waals surface area (Å²) in [5, 5.41) is 9.25. The molecule has 3 fully saturated rings. The Labute approximate surface area is 198 Å². The van der Waals surface area contributed by atoms with Gasteiger partial charge in [-0.3, -0.25) is 14.5 Å². The lowest BCUT2D eigenvalue weighted by molar-refractivity contribution is -0.237. The summed E-state index contributed by atoms with van der Waals surface area (Å²) >= 11 is 1.10. The Hall–Kier alpha value is -2.20. The van der Waals surface area contributed by atoms with Crippen LogP contribution in [0.25, 0.3) is 0 Å². The van der Waals surface area contributed by atoms with Crippen LogP contribution in [0.2, 0.25) is 0 Å². The molecule has 3 N–H and O–H groups in total. The first kappa shape index (κ1) is 23.9. The second kappa shape index (κ2) is 10.4. The summed E-state index contributed by atoms with van der Waals surface area (Å²) in [6.07, 6.45) is 2.27. The highest BCUT2D eigenvalue weighted by Crippen LogP contribution is 2.38. The Bertz CT molecular complexity index is 909. The number of nitrogens with zero attached hydrogens (tertiary/aromatic N) is 4. The third-order valence-corrected chi connectivity index (χ3v) is 7.38. The minimum absolute atomic E-state index is 0.0560. The number of carbonyl (C=O) groups is 2. The number of hydrogen-bond acceptors (Lipinski definition) is 9. The van der Waals surface area contributed by atoms with E-state index in [4.69, 9.17) is 10.1 Å². The van der Waals surface area contributed by atoms with Crippen molar-refractivity contribution in [2.45, 2.75) is 61.3 Å². The highest BCUT2D eigenvalue weighted by molar-refractivity contribution is 7.94. The van der Waals surface area contributed by atoms with E-state index in [0.29, 0.717) is 26.1 Å². The van der Waals surface area contributed by atoms with Crippen molar-refractivity contribution in [3.63, 3.8) is 0 Å². The quantitative estimate of drug-likeness (QED) is 0.233. The molecule has 5 atom stereocenters. The Morgan fingerprint density at radius 1 is 1.39 bits per heavy atom. The molecular weight excluding hydrogens is 444 g/mol. The van der Waals surface area contributed by atoms with Crippen molar-refractivity contribution in [2.75, 3.05) is 26.7 Å². The largest absolute Gasteiger partial charge is 0.330 e. The average Bonchev–Trinajstić information content (AvgIpc) is 3.53. The van der Waals surface area contributed by atoms with E-state index in [0.717, 1.165) is 35.3 Å². The van der Waals surface area contributed by atoms with E-state index < -0.39 is 6.04 Å². The lowest BCUT2D eigenvalue weighted by Gasteiger charge is -2.38. The number of carbonyl (C=O) groups excluding carboxylic acids is 2. The molecule has 4 rings (SSSR count).